The molecule has 0 heterocycles. The SMILES string of the molecule is C=N/C=C(/C(=O)NC(C)(C)C)C(=NC)C(C)C. The van der Waals surface area contributed by atoms with Crippen molar-refractivity contribution in [2.45, 2.75) is 40.2 Å². The van der Waals surface area contributed by atoms with Crippen molar-refractivity contribution in [3.63, 3.8) is 0 Å². The molecule has 4 heteroatoms. The summed E-state index contributed by atoms with van der Waals surface area (Å²) in [7, 11) is 1.68. The third-order valence-corrected chi connectivity index (χ3v) is 2.02. The molecule has 0 aliphatic carbocycles. The lowest BCUT2D eigenvalue weighted by molar-refractivity contribution is -0.118. The molecule has 0 spiro atoms. The molecule has 0 aliphatic rings. The van der Waals surface area contributed by atoms with Gasteiger partial charge in [0, 0.05) is 18.8 Å². The van der Waals surface area contributed by atoms with Crippen molar-refractivity contribution in [3.8, 4) is 0 Å². The maximum atomic E-state index is 12.1. The Morgan fingerprint density at radius 1 is 1.35 bits per heavy atom. The van der Waals surface area contributed by atoms with Gasteiger partial charge in [-0.3, -0.25) is 14.8 Å². The smallest absolute Gasteiger partial charge is 0.255 e. The molecule has 0 saturated heterocycles. The maximum Gasteiger partial charge on any atom is 0.255 e. The minimum Gasteiger partial charge on any atom is -0.347 e. The molecule has 0 fully saturated rings. The fraction of sp³-hybridized carbons (Fsp3) is 0.615. The second-order valence-corrected chi connectivity index (χ2v) is 5.19. The first kappa shape index (κ1) is 15.6. The van der Waals surface area contributed by atoms with Crippen LogP contribution >= 0.6 is 0 Å². The Morgan fingerprint density at radius 3 is 2.18 bits per heavy atom. The summed E-state index contributed by atoms with van der Waals surface area (Å²) in [4.78, 5) is 19.9. The topological polar surface area (TPSA) is 53.8 Å². The zero-order valence-electron chi connectivity index (χ0n) is 11.7. The standard InChI is InChI=1S/C13H23N3O/c1-9(2)11(15-7)10(8-14-6)12(17)16-13(3,4)5/h8-9H,6H2,1-5,7H3,(H,16,17)/b10-8+,15-11?. The van der Waals surface area contributed by atoms with Gasteiger partial charge in [0.15, 0.2) is 0 Å². The highest BCUT2D eigenvalue weighted by atomic mass is 16.1. The number of rotatable bonds is 4. The zero-order chi connectivity index (χ0) is 13.6. The minimum absolute atomic E-state index is 0.165. The van der Waals surface area contributed by atoms with Gasteiger partial charge in [0.2, 0.25) is 0 Å². The monoisotopic (exact) mass is 237 g/mol. The number of amides is 1. The maximum absolute atomic E-state index is 12.1. The quantitative estimate of drug-likeness (QED) is 0.591. The number of carbonyl (C=O) groups excluding carboxylic acids is 1. The number of nitrogens with zero attached hydrogens (tertiary/aromatic N) is 2. The molecule has 0 aromatic carbocycles. The molecule has 0 radical (unpaired) electrons. The molecule has 0 aliphatic heterocycles. The highest BCUT2D eigenvalue weighted by Gasteiger charge is 2.22. The van der Waals surface area contributed by atoms with Crippen LogP contribution in [0.1, 0.15) is 34.6 Å². The van der Waals surface area contributed by atoms with Gasteiger partial charge in [-0.05, 0) is 33.4 Å². The van der Waals surface area contributed by atoms with Crippen LogP contribution in [0.3, 0.4) is 0 Å². The van der Waals surface area contributed by atoms with Gasteiger partial charge in [-0.15, -0.1) is 0 Å². The Kier molecular flexibility index (Phi) is 5.79. The molecule has 0 aromatic rings. The van der Waals surface area contributed by atoms with Gasteiger partial charge in [0.25, 0.3) is 5.91 Å². The van der Waals surface area contributed by atoms with Crippen LogP contribution in [-0.4, -0.2) is 30.9 Å². The summed E-state index contributed by atoms with van der Waals surface area (Å²) in [6, 6.07) is 0. The molecule has 96 valence electrons. The fourth-order valence-corrected chi connectivity index (χ4v) is 1.43. The molecule has 0 atom stereocenters. The average Bonchev–Trinajstić information content (AvgIpc) is 2.14. The molecule has 0 unspecified atom stereocenters. The first-order chi connectivity index (χ1) is 7.72. The van der Waals surface area contributed by atoms with E-state index in [4.69, 9.17) is 0 Å². The second kappa shape index (κ2) is 6.33. The Hall–Kier alpha value is -1.45. The number of hydrogen-bond acceptors (Lipinski definition) is 3. The minimum atomic E-state index is -0.285. The van der Waals surface area contributed by atoms with Crippen LogP contribution in [0.15, 0.2) is 21.8 Å². The Labute approximate surface area is 104 Å². The predicted molar refractivity (Wildman–Crippen MR) is 73.7 cm³/mol. The van der Waals surface area contributed by atoms with Gasteiger partial charge in [0.1, 0.15) is 0 Å². The molecule has 0 bridgehead atoms. The van der Waals surface area contributed by atoms with E-state index in [2.05, 4.69) is 22.0 Å². The van der Waals surface area contributed by atoms with E-state index in [1.54, 1.807) is 7.05 Å². The van der Waals surface area contributed by atoms with E-state index in [9.17, 15) is 4.79 Å². The van der Waals surface area contributed by atoms with Crippen LogP contribution in [-0.2, 0) is 4.79 Å². The highest BCUT2D eigenvalue weighted by molar-refractivity contribution is 6.22. The molecule has 0 rings (SSSR count). The zero-order valence-corrected chi connectivity index (χ0v) is 11.7. The van der Waals surface area contributed by atoms with E-state index in [-0.39, 0.29) is 17.4 Å². The van der Waals surface area contributed by atoms with Crippen LogP contribution in [0, 0.1) is 5.92 Å². The van der Waals surface area contributed by atoms with Crippen molar-refractivity contribution in [3.05, 3.63) is 11.8 Å². The van der Waals surface area contributed by atoms with Crippen LogP contribution in [0.25, 0.3) is 0 Å². The lowest BCUT2D eigenvalue weighted by atomic mass is 9.98. The van der Waals surface area contributed by atoms with Crippen molar-refractivity contribution in [1.29, 1.82) is 0 Å². The summed E-state index contributed by atoms with van der Waals surface area (Å²) in [5.41, 5.74) is 0.930. The Morgan fingerprint density at radius 2 is 1.88 bits per heavy atom. The van der Waals surface area contributed by atoms with Crippen LogP contribution < -0.4 is 5.32 Å². The molecule has 17 heavy (non-hydrogen) atoms. The van der Waals surface area contributed by atoms with Gasteiger partial charge < -0.3 is 5.32 Å². The van der Waals surface area contributed by atoms with Crippen molar-refractivity contribution in [1.82, 2.24) is 5.32 Å². The lowest BCUT2D eigenvalue weighted by Gasteiger charge is -2.22. The number of carbonyl (C=O) groups is 1. The summed E-state index contributed by atoms with van der Waals surface area (Å²) in [6.45, 7) is 13.2. The number of nitrogens with one attached hydrogen (secondary N) is 1. The summed E-state index contributed by atoms with van der Waals surface area (Å²) in [5, 5.41) is 2.90. The first-order valence-electron chi connectivity index (χ1n) is 5.68. The molecule has 1 N–H and O–H groups in total. The van der Waals surface area contributed by atoms with Crippen molar-refractivity contribution < 1.29 is 4.79 Å². The van der Waals surface area contributed by atoms with Crippen LogP contribution in [0.4, 0.5) is 0 Å². The molecule has 1 amide bonds. The van der Waals surface area contributed by atoms with Crippen molar-refractivity contribution in [2.75, 3.05) is 7.05 Å². The Bertz CT molecular complexity index is 346. The van der Waals surface area contributed by atoms with E-state index in [0.29, 0.717) is 5.57 Å². The van der Waals surface area contributed by atoms with Gasteiger partial charge in [-0.2, -0.15) is 0 Å². The third-order valence-electron chi connectivity index (χ3n) is 2.02. The van der Waals surface area contributed by atoms with Gasteiger partial charge in [-0.1, -0.05) is 13.8 Å². The molecule has 0 aromatic heterocycles. The summed E-state index contributed by atoms with van der Waals surface area (Å²) in [5.74, 6) is -0.00193. The predicted octanol–water partition coefficient (Wildman–Crippen LogP) is 2.21. The first-order valence-corrected chi connectivity index (χ1v) is 5.68. The molecule has 0 saturated carbocycles. The Balaban J connectivity index is 5.20. The summed E-state index contributed by atoms with van der Waals surface area (Å²) in [6.07, 6.45) is 1.46. The van der Waals surface area contributed by atoms with Gasteiger partial charge >= 0.3 is 0 Å². The van der Waals surface area contributed by atoms with E-state index < -0.39 is 0 Å². The fourth-order valence-electron chi connectivity index (χ4n) is 1.43. The van der Waals surface area contributed by atoms with E-state index in [1.807, 2.05) is 34.6 Å². The van der Waals surface area contributed by atoms with E-state index in [1.165, 1.54) is 6.20 Å². The summed E-state index contributed by atoms with van der Waals surface area (Å²) < 4.78 is 0. The molecule has 4 nitrogen and oxygen atoms in total. The number of hydrogen-bond donors (Lipinski definition) is 1. The van der Waals surface area contributed by atoms with E-state index >= 15 is 0 Å². The van der Waals surface area contributed by atoms with Crippen LogP contribution in [0.2, 0.25) is 0 Å². The van der Waals surface area contributed by atoms with E-state index in [0.717, 1.165) is 5.71 Å². The van der Waals surface area contributed by atoms with Crippen LogP contribution in [0.5, 0.6) is 0 Å². The lowest BCUT2D eigenvalue weighted by Crippen LogP contribution is -2.43. The molecular formula is C13H23N3O. The third kappa shape index (κ3) is 5.43. The average molecular weight is 237 g/mol. The highest BCUT2D eigenvalue weighted by Crippen LogP contribution is 2.11. The number of aliphatic imine (C=N–C) groups is 2. The van der Waals surface area contributed by atoms with Crippen molar-refractivity contribution in [2.24, 2.45) is 15.9 Å². The molecular weight excluding hydrogens is 214 g/mol. The normalized spacial score (nSPS) is 13.8. The van der Waals surface area contributed by atoms with Crippen molar-refractivity contribution >= 4 is 18.3 Å². The second-order valence-electron chi connectivity index (χ2n) is 5.19. The summed E-state index contributed by atoms with van der Waals surface area (Å²) >= 11 is 0. The van der Waals surface area contributed by atoms with Gasteiger partial charge in [0.05, 0.1) is 11.3 Å². The largest absolute Gasteiger partial charge is 0.347 e. The van der Waals surface area contributed by atoms with Gasteiger partial charge in [-0.25, -0.2) is 0 Å².